The Morgan fingerprint density at radius 2 is 1.86 bits per heavy atom. The standard InChI is InChI=1S/C20H26N4O3S/c1-3-27-19-8-7-17(13-15(19)2)28(25,26)24-11-9-23(10-12-24)20-14-16-5-4-6-18(16)21-22-20/h7-8,13-14H,3-6,9-12H2,1-2H3. The highest BCUT2D eigenvalue weighted by atomic mass is 32.2. The molecular weight excluding hydrogens is 376 g/mol. The molecule has 1 aliphatic heterocycles. The van der Waals surface area contributed by atoms with Crippen LogP contribution >= 0.6 is 0 Å². The molecular formula is C20H26N4O3S. The van der Waals surface area contributed by atoms with Crippen LogP contribution in [0.5, 0.6) is 5.75 Å². The minimum absolute atomic E-state index is 0.319. The number of piperazine rings is 1. The summed E-state index contributed by atoms with van der Waals surface area (Å²) in [6, 6.07) is 7.18. The van der Waals surface area contributed by atoms with Crippen LogP contribution < -0.4 is 9.64 Å². The molecule has 0 saturated carbocycles. The maximum absolute atomic E-state index is 13.0. The van der Waals surface area contributed by atoms with Crippen LogP contribution in [-0.2, 0) is 22.9 Å². The summed E-state index contributed by atoms with van der Waals surface area (Å²) >= 11 is 0. The second kappa shape index (κ2) is 7.67. The molecule has 2 aliphatic rings. The number of hydrogen-bond acceptors (Lipinski definition) is 6. The van der Waals surface area contributed by atoms with Gasteiger partial charge >= 0.3 is 0 Å². The average Bonchev–Trinajstić information content (AvgIpc) is 3.17. The van der Waals surface area contributed by atoms with Crippen molar-refractivity contribution in [1.29, 1.82) is 0 Å². The summed E-state index contributed by atoms with van der Waals surface area (Å²) in [4.78, 5) is 2.44. The number of sulfonamides is 1. The molecule has 1 aromatic heterocycles. The van der Waals surface area contributed by atoms with Crippen molar-refractivity contribution in [3.8, 4) is 5.75 Å². The predicted molar refractivity (Wildman–Crippen MR) is 107 cm³/mol. The fourth-order valence-corrected chi connectivity index (χ4v) is 5.39. The van der Waals surface area contributed by atoms with Gasteiger partial charge in [0.15, 0.2) is 5.82 Å². The second-order valence-corrected chi connectivity index (χ2v) is 9.22. The zero-order valence-corrected chi connectivity index (χ0v) is 17.2. The van der Waals surface area contributed by atoms with Crippen molar-refractivity contribution in [3.05, 3.63) is 41.1 Å². The zero-order valence-electron chi connectivity index (χ0n) is 16.4. The van der Waals surface area contributed by atoms with Gasteiger partial charge in [-0.15, -0.1) is 5.10 Å². The van der Waals surface area contributed by atoms with E-state index < -0.39 is 10.0 Å². The number of aryl methyl sites for hydroxylation is 3. The van der Waals surface area contributed by atoms with E-state index in [9.17, 15) is 8.42 Å². The Balaban J connectivity index is 1.46. The third-order valence-electron chi connectivity index (χ3n) is 5.45. The number of ether oxygens (including phenoxy) is 1. The molecule has 0 N–H and O–H groups in total. The highest BCUT2D eigenvalue weighted by molar-refractivity contribution is 7.89. The van der Waals surface area contributed by atoms with Gasteiger partial charge in [-0.3, -0.25) is 0 Å². The van der Waals surface area contributed by atoms with Crippen LogP contribution in [0.4, 0.5) is 5.82 Å². The normalized spacial score (nSPS) is 17.6. The van der Waals surface area contributed by atoms with Crippen molar-refractivity contribution in [2.75, 3.05) is 37.7 Å². The molecule has 28 heavy (non-hydrogen) atoms. The van der Waals surface area contributed by atoms with Crippen molar-refractivity contribution < 1.29 is 13.2 Å². The van der Waals surface area contributed by atoms with Gasteiger partial charge in [-0.25, -0.2) is 8.42 Å². The minimum Gasteiger partial charge on any atom is -0.494 e. The third-order valence-corrected chi connectivity index (χ3v) is 7.35. The highest BCUT2D eigenvalue weighted by Gasteiger charge is 2.30. The van der Waals surface area contributed by atoms with Crippen LogP contribution in [0.1, 0.15) is 30.2 Å². The molecule has 0 radical (unpaired) electrons. The van der Waals surface area contributed by atoms with E-state index in [0.717, 1.165) is 42.1 Å². The lowest BCUT2D eigenvalue weighted by molar-refractivity contribution is 0.337. The van der Waals surface area contributed by atoms with Crippen molar-refractivity contribution >= 4 is 15.8 Å². The van der Waals surface area contributed by atoms with E-state index >= 15 is 0 Å². The summed E-state index contributed by atoms with van der Waals surface area (Å²) < 4.78 is 33.2. The van der Waals surface area contributed by atoms with Gasteiger partial charge in [-0.2, -0.15) is 9.40 Å². The van der Waals surface area contributed by atoms with Gasteiger partial charge in [-0.1, -0.05) is 0 Å². The summed E-state index contributed by atoms with van der Waals surface area (Å²) in [6.07, 6.45) is 3.21. The summed E-state index contributed by atoms with van der Waals surface area (Å²) in [5.41, 5.74) is 3.22. The quantitative estimate of drug-likeness (QED) is 0.763. The molecule has 0 spiro atoms. The number of aromatic nitrogens is 2. The summed E-state index contributed by atoms with van der Waals surface area (Å²) in [5.74, 6) is 1.58. The summed E-state index contributed by atoms with van der Waals surface area (Å²) in [7, 11) is -3.52. The van der Waals surface area contributed by atoms with E-state index in [1.165, 1.54) is 5.56 Å². The van der Waals surface area contributed by atoms with Gasteiger partial charge in [-0.05, 0) is 68.5 Å². The van der Waals surface area contributed by atoms with Crippen LogP contribution in [0, 0.1) is 6.92 Å². The van der Waals surface area contributed by atoms with Gasteiger partial charge < -0.3 is 9.64 Å². The van der Waals surface area contributed by atoms with Crippen LogP contribution in [0.25, 0.3) is 0 Å². The monoisotopic (exact) mass is 402 g/mol. The molecule has 1 fully saturated rings. The molecule has 0 bridgehead atoms. The Bertz CT molecular complexity index is 969. The molecule has 0 unspecified atom stereocenters. The van der Waals surface area contributed by atoms with Gasteiger partial charge in [0.1, 0.15) is 5.75 Å². The number of nitrogens with zero attached hydrogens (tertiary/aromatic N) is 4. The summed E-state index contributed by atoms with van der Waals surface area (Å²) in [6.45, 7) is 6.44. The predicted octanol–water partition coefficient (Wildman–Crippen LogP) is 2.18. The largest absolute Gasteiger partial charge is 0.494 e. The van der Waals surface area contributed by atoms with Crippen LogP contribution in [-0.4, -0.2) is 55.7 Å². The maximum atomic E-state index is 13.0. The first kappa shape index (κ1) is 19.1. The van der Waals surface area contributed by atoms with Gasteiger partial charge in [0, 0.05) is 26.2 Å². The molecule has 4 rings (SSSR count). The third kappa shape index (κ3) is 3.58. The molecule has 1 aliphatic carbocycles. The second-order valence-electron chi connectivity index (χ2n) is 7.28. The van der Waals surface area contributed by atoms with E-state index in [2.05, 4.69) is 21.2 Å². The fraction of sp³-hybridized carbons (Fsp3) is 0.500. The molecule has 8 heteroatoms. The van der Waals surface area contributed by atoms with Crippen LogP contribution in [0.3, 0.4) is 0 Å². The molecule has 1 aromatic carbocycles. The van der Waals surface area contributed by atoms with Crippen molar-refractivity contribution in [2.45, 2.75) is 38.0 Å². The molecule has 2 aromatic rings. The number of benzene rings is 1. The lowest BCUT2D eigenvalue weighted by Crippen LogP contribution is -2.49. The number of rotatable bonds is 5. The van der Waals surface area contributed by atoms with E-state index in [1.807, 2.05) is 13.8 Å². The van der Waals surface area contributed by atoms with Gasteiger partial charge in [0.25, 0.3) is 0 Å². The van der Waals surface area contributed by atoms with Crippen molar-refractivity contribution in [2.24, 2.45) is 0 Å². The zero-order chi connectivity index (χ0) is 19.7. The topological polar surface area (TPSA) is 75.6 Å². The lowest BCUT2D eigenvalue weighted by Gasteiger charge is -2.34. The molecule has 0 amide bonds. The number of hydrogen-bond donors (Lipinski definition) is 0. The smallest absolute Gasteiger partial charge is 0.243 e. The Kier molecular flexibility index (Phi) is 5.25. The SMILES string of the molecule is CCOc1ccc(S(=O)(=O)N2CCN(c3cc4c(nn3)CCC4)CC2)cc1C. The first-order valence-corrected chi connectivity index (χ1v) is 11.3. The highest BCUT2D eigenvalue weighted by Crippen LogP contribution is 2.26. The average molecular weight is 403 g/mol. The Labute approximate surface area is 166 Å². The first-order chi connectivity index (χ1) is 13.5. The maximum Gasteiger partial charge on any atom is 0.243 e. The summed E-state index contributed by atoms with van der Waals surface area (Å²) in [5, 5.41) is 8.70. The number of fused-ring (bicyclic) bond motifs is 1. The molecule has 1 saturated heterocycles. The first-order valence-electron chi connectivity index (χ1n) is 9.83. The number of anilines is 1. The van der Waals surface area contributed by atoms with E-state index in [4.69, 9.17) is 4.74 Å². The van der Waals surface area contributed by atoms with Crippen molar-refractivity contribution in [1.82, 2.24) is 14.5 Å². The molecule has 0 atom stereocenters. The van der Waals surface area contributed by atoms with E-state index in [0.29, 0.717) is 37.7 Å². The fourth-order valence-electron chi connectivity index (χ4n) is 3.88. The molecule has 150 valence electrons. The lowest BCUT2D eigenvalue weighted by atomic mass is 10.2. The van der Waals surface area contributed by atoms with Gasteiger partial charge in [0.05, 0.1) is 17.2 Å². The Hall–Kier alpha value is -2.19. The Morgan fingerprint density at radius 1 is 1.07 bits per heavy atom. The van der Waals surface area contributed by atoms with Gasteiger partial charge in [0.2, 0.25) is 10.0 Å². The van der Waals surface area contributed by atoms with Crippen LogP contribution in [0.2, 0.25) is 0 Å². The molecule has 2 heterocycles. The Morgan fingerprint density at radius 3 is 2.57 bits per heavy atom. The molecule has 7 nitrogen and oxygen atoms in total. The van der Waals surface area contributed by atoms with E-state index in [1.54, 1.807) is 22.5 Å². The van der Waals surface area contributed by atoms with Crippen LogP contribution in [0.15, 0.2) is 29.2 Å². The minimum atomic E-state index is -3.52. The van der Waals surface area contributed by atoms with E-state index in [-0.39, 0.29) is 0 Å². The van der Waals surface area contributed by atoms with Crippen molar-refractivity contribution in [3.63, 3.8) is 0 Å².